The topological polar surface area (TPSA) is 54.5 Å². The van der Waals surface area contributed by atoms with Crippen molar-refractivity contribution in [2.75, 3.05) is 25.1 Å². The molecule has 1 aliphatic carbocycles. The van der Waals surface area contributed by atoms with E-state index < -0.39 is 9.84 Å². The SMILES string of the molecule is CS(=O)(=O)CC1CCCN(C(=O)C2CC2c2cc(Cl)cc(Cl)c2)C1. The summed E-state index contributed by atoms with van der Waals surface area (Å²) in [4.78, 5) is 14.6. The molecular formula is C17H21Cl2NO3S. The van der Waals surface area contributed by atoms with Crippen LogP contribution in [0.2, 0.25) is 10.0 Å². The molecule has 0 spiro atoms. The van der Waals surface area contributed by atoms with Crippen LogP contribution in [-0.4, -0.2) is 44.3 Å². The molecule has 0 radical (unpaired) electrons. The van der Waals surface area contributed by atoms with Gasteiger partial charge in [-0.25, -0.2) is 8.42 Å². The molecule has 0 aromatic heterocycles. The molecule has 0 bridgehead atoms. The van der Waals surface area contributed by atoms with Gasteiger partial charge < -0.3 is 4.90 Å². The molecular weight excluding hydrogens is 369 g/mol. The first-order valence-electron chi connectivity index (χ1n) is 8.15. The molecule has 1 heterocycles. The largest absolute Gasteiger partial charge is 0.342 e. The Morgan fingerprint density at radius 3 is 2.54 bits per heavy atom. The number of piperidine rings is 1. The fourth-order valence-electron chi connectivity index (χ4n) is 3.69. The van der Waals surface area contributed by atoms with Gasteiger partial charge >= 0.3 is 0 Å². The Balaban J connectivity index is 1.63. The molecule has 24 heavy (non-hydrogen) atoms. The van der Waals surface area contributed by atoms with Crippen molar-refractivity contribution in [3.8, 4) is 0 Å². The summed E-state index contributed by atoms with van der Waals surface area (Å²) in [6.07, 6.45) is 3.80. The number of nitrogens with zero attached hydrogens (tertiary/aromatic N) is 1. The average Bonchev–Trinajstić information content (AvgIpc) is 3.24. The predicted octanol–water partition coefficient (Wildman–Crippen LogP) is 3.38. The van der Waals surface area contributed by atoms with Gasteiger partial charge in [-0.15, -0.1) is 0 Å². The number of hydrogen-bond donors (Lipinski definition) is 0. The quantitative estimate of drug-likeness (QED) is 0.792. The fourth-order valence-corrected chi connectivity index (χ4v) is 5.36. The van der Waals surface area contributed by atoms with Gasteiger partial charge in [-0.2, -0.15) is 0 Å². The molecule has 7 heteroatoms. The van der Waals surface area contributed by atoms with E-state index in [2.05, 4.69) is 0 Å². The second-order valence-electron chi connectivity index (χ2n) is 7.04. The van der Waals surface area contributed by atoms with E-state index in [1.54, 1.807) is 6.07 Å². The summed E-state index contributed by atoms with van der Waals surface area (Å²) in [5.74, 6) is 0.486. The molecule has 1 aliphatic heterocycles. The standard InChI is InChI=1S/C17H21Cl2NO3S/c1-24(22,23)10-11-3-2-4-20(9-11)17(21)16-8-15(16)12-5-13(18)7-14(19)6-12/h5-7,11,15-16H,2-4,8-10H2,1H3. The fraction of sp³-hybridized carbons (Fsp3) is 0.588. The molecule has 0 N–H and O–H groups in total. The van der Waals surface area contributed by atoms with Crippen LogP contribution in [0.4, 0.5) is 0 Å². The van der Waals surface area contributed by atoms with Crippen LogP contribution in [0, 0.1) is 11.8 Å². The summed E-state index contributed by atoms with van der Waals surface area (Å²) in [7, 11) is -3.01. The van der Waals surface area contributed by atoms with Gasteiger partial charge in [0.25, 0.3) is 0 Å². The minimum absolute atomic E-state index is 0.0310. The number of carbonyl (C=O) groups is 1. The van der Waals surface area contributed by atoms with Crippen molar-refractivity contribution >= 4 is 38.9 Å². The molecule has 2 fully saturated rings. The van der Waals surface area contributed by atoms with E-state index in [0.717, 1.165) is 31.4 Å². The lowest BCUT2D eigenvalue weighted by molar-refractivity contribution is -0.134. The van der Waals surface area contributed by atoms with Crippen molar-refractivity contribution in [1.82, 2.24) is 4.90 Å². The summed E-state index contributed by atoms with van der Waals surface area (Å²) in [5.41, 5.74) is 1.01. The molecule has 1 saturated heterocycles. The number of rotatable bonds is 4. The summed E-state index contributed by atoms with van der Waals surface area (Å²) in [6, 6.07) is 5.42. The van der Waals surface area contributed by atoms with Crippen LogP contribution in [0.25, 0.3) is 0 Å². The van der Waals surface area contributed by atoms with E-state index in [9.17, 15) is 13.2 Å². The molecule has 1 saturated carbocycles. The van der Waals surface area contributed by atoms with Crippen LogP contribution < -0.4 is 0 Å². The van der Waals surface area contributed by atoms with Crippen molar-refractivity contribution in [2.24, 2.45) is 11.8 Å². The Hall–Kier alpha value is -0.780. The van der Waals surface area contributed by atoms with Gasteiger partial charge in [0.1, 0.15) is 9.84 Å². The average molecular weight is 390 g/mol. The lowest BCUT2D eigenvalue weighted by Gasteiger charge is -2.32. The van der Waals surface area contributed by atoms with Gasteiger partial charge in [-0.05, 0) is 54.9 Å². The maximum Gasteiger partial charge on any atom is 0.226 e. The maximum atomic E-state index is 12.7. The Morgan fingerprint density at radius 1 is 1.25 bits per heavy atom. The first-order chi connectivity index (χ1) is 11.2. The van der Waals surface area contributed by atoms with Crippen molar-refractivity contribution in [2.45, 2.75) is 25.2 Å². The Labute approximate surface area is 153 Å². The summed E-state index contributed by atoms with van der Waals surface area (Å²) in [5, 5.41) is 1.17. The molecule has 3 unspecified atom stereocenters. The zero-order chi connectivity index (χ0) is 17.5. The minimum atomic E-state index is -3.01. The molecule has 1 aromatic carbocycles. The van der Waals surface area contributed by atoms with Gasteiger partial charge in [-0.1, -0.05) is 23.2 Å². The number of benzene rings is 1. The second kappa shape index (κ2) is 6.85. The predicted molar refractivity (Wildman–Crippen MR) is 96.3 cm³/mol. The summed E-state index contributed by atoms with van der Waals surface area (Å²) < 4.78 is 23.0. The van der Waals surface area contributed by atoms with E-state index in [4.69, 9.17) is 23.2 Å². The molecule has 2 aliphatic rings. The third-order valence-corrected chi connectivity index (χ3v) is 6.30. The molecule has 1 aromatic rings. The van der Waals surface area contributed by atoms with Gasteiger partial charge in [0.05, 0.1) is 5.75 Å². The maximum absolute atomic E-state index is 12.7. The molecule has 132 valence electrons. The van der Waals surface area contributed by atoms with Gasteiger partial charge in [0.2, 0.25) is 5.91 Å². The highest BCUT2D eigenvalue weighted by Gasteiger charge is 2.46. The van der Waals surface area contributed by atoms with Gasteiger partial charge in [0, 0.05) is 35.3 Å². The van der Waals surface area contributed by atoms with Crippen molar-refractivity contribution < 1.29 is 13.2 Å². The third kappa shape index (κ3) is 4.44. The zero-order valence-electron chi connectivity index (χ0n) is 13.5. The van der Waals surface area contributed by atoms with Gasteiger partial charge in [-0.3, -0.25) is 4.79 Å². The van der Waals surface area contributed by atoms with E-state index in [-0.39, 0.29) is 29.4 Å². The van der Waals surface area contributed by atoms with Crippen molar-refractivity contribution in [1.29, 1.82) is 0 Å². The number of amides is 1. The molecule has 3 rings (SSSR count). The van der Waals surface area contributed by atoms with Crippen molar-refractivity contribution in [3.63, 3.8) is 0 Å². The van der Waals surface area contributed by atoms with E-state index >= 15 is 0 Å². The smallest absolute Gasteiger partial charge is 0.226 e. The number of halogens is 2. The molecule has 4 nitrogen and oxygen atoms in total. The second-order valence-corrected chi connectivity index (χ2v) is 10.1. The van der Waals surface area contributed by atoms with E-state index in [0.29, 0.717) is 16.6 Å². The number of hydrogen-bond acceptors (Lipinski definition) is 3. The van der Waals surface area contributed by atoms with Crippen LogP contribution in [0.15, 0.2) is 18.2 Å². The highest BCUT2D eigenvalue weighted by Crippen LogP contribution is 2.49. The summed E-state index contributed by atoms with van der Waals surface area (Å²) in [6.45, 7) is 1.27. The van der Waals surface area contributed by atoms with Crippen LogP contribution in [0.5, 0.6) is 0 Å². The van der Waals surface area contributed by atoms with Crippen LogP contribution in [0.3, 0.4) is 0 Å². The lowest BCUT2D eigenvalue weighted by atomic mass is 9.99. The van der Waals surface area contributed by atoms with Crippen LogP contribution >= 0.6 is 23.2 Å². The molecule has 3 atom stereocenters. The van der Waals surface area contributed by atoms with E-state index in [1.807, 2.05) is 17.0 Å². The highest BCUT2D eigenvalue weighted by atomic mass is 35.5. The number of carbonyl (C=O) groups excluding carboxylic acids is 1. The number of sulfone groups is 1. The monoisotopic (exact) mass is 389 g/mol. The Morgan fingerprint density at radius 2 is 1.92 bits per heavy atom. The Bertz CT molecular complexity index is 730. The lowest BCUT2D eigenvalue weighted by Crippen LogP contribution is -2.42. The first-order valence-corrected chi connectivity index (χ1v) is 11.0. The minimum Gasteiger partial charge on any atom is -0.342 e. The van der Waals surface area contributed by atoms with Crippen LogP contribution in [0.1, 0.15) is 30.7 Å². The molecule has 1 amide bonds. The highest BCUT2D eigenvalue weighted by molar-refractivity contribution is 7.90. The van der Waals surface area contributed by atoms with Gasteiger partial charge in [0.15, 0.2) is 0 Å². The summed E-state index contributed by atoms with van der Waals surface area (Å²) >= 11 is 12.1. The normalized spacial score (nSPS) is 27.1. The van der Waals surface area contributed by atoms with E-state index in [1.165, 1.54) is 6.26 Å². The number of likely N-dealkylation sites (tertiary alicyclic amines) is 1. The first kappa shape index (κ1) is 18.0. The van der Waals surface area contributed by atoms with Crippen LogP contribution in [-0.2, 0) is 14.6 Å². The van der Waals surface area contributed by atoms with Crippen molar-refractivity contribution in [3.05, 3.63) is 33.8 Å². The third-order valence-electron chi connectivity index (χ3n) is 4.79. The Kier molecular flexibility index (Phi) is 5.14. The zero-order valence-corrected chi connectivity index (χ0v) is 15.9.